The number of rotatable bonds is 1. The normalized spacial score (nSPS) is 18.1. The fourth-order valence-corrected chi connectivity index (χ4v) is 2.25. The zero-order valence-electron chi connectivity index (χ0n) is 7.94. The molecule has 1 aliphatic rings. The molecule has 0 aromatic rings. The van der Waals surface area contributed by atoms with Crippen molar-refractivity contribution in [3.63, 3.8) is 0 Å². The molecule has 2 heteroatoms. The third kappa shape index (κ3) is 1.83. The van der Waals surface area contributed by atoms with Gasteiger partial charge in [-0.15, -0.1) is 0 Å². The molecule has 64 valence electrons. The van der Waals surface area contributed by atoms with Crippen LogP contribution in [0.1, 0.15) is 0 Å². The van der Waals surface area contributed by atoms with Gasteiger partial charge in [0.05, 0.1) is 13.8 Å². The first-order valence-corrected chi connectivity index (χ1v) is 7.59. The molecule has 0 saturated heterocycles. The molecule has 12 heavy (non-hydrogen) atoms. The first kappa shape index (κ1) is 9.20. The van der Waals surface area contributed by atoms with E-state index in [4.69, 9.17) is 5.41 Å². The van der Waals surface area contributed by atoms with Crippen LogP contribution >= 0.6 is 0 Å². The van der Waals surface area contributed by atoms with E-state index in [1.807, 2.05) is 6.08 Å². The molecular weight excluding hydrogens is 162 g/mol. The summed E-state index contributed by atoms with van der Waals surface area (Å²) in [6.07, 6.45) is 5.95. The largest absolute Gasteiger partial charge is 0.300 e. The third-order valence-corrected chi connectivity index (χ3v) is 4.01. The minimum atomic E-state index is -1.21. The maximum Gasteiger partial charge on any atom is 0.0776 e. The second-order valence-corrected chi connectivity index (χ2v) is 9.20. The van der Waals surface area contributed by atoms with Crippen molar-refractivity contribution in [3.05, 3.63) is 35.6 Å². The molecule has 0 aliphatic heterocycles. The fourth-order valence-electron chi connectivity index (χ4n) is 1.06. The van der Waals surface area contributed by atoms with Crippen molar-refractivity contribution in [1.82, 2.24) is 0 Å². The molecule has 0 heterocycles. The van der Waals surface area contributed by atoms with Gasteiger partial charge in [0.15, 0.2) is 0 Å². The topological polar surface area (TPSA) is 23.9 Å². The molecule has 1 N–H and O–H groups in total. The average molecular weight is 177 g/mol. The van der Waals surface area contributed by atoms with E-state index in [1.165, 1.54) is 5.20 Å². The smallest absolute Gasteiger partial charge is 0.0776 e. The predicted molar refractivity (Wildman–Crippen MR) is 57.4 cm³/mol. The zero-order valence-corrected chi connectivity index (χ0v) is 8.94. The number of nitrogens with one attached hydrogen (secondary N) is 1. The van der Waals surface area contributed by atoms with E-state index in [-0.39, 0.29) is 0 Å². The minimum absolute atomic E-state index is 0.539. The molecule has 0 fully saturated rings. The average Bonchev–Trinajstić information content (AvgIpc) is 1.92. The van der Waals surface area contributed by atoms with Gasteiger partial charge in [-0.05, 0) is 11.6 Å². The Morgan fingerprint density at radius 3 is 2.25 bits per heavy atom. The number of allylic oxidation sites excluding steroid dienone is 5. The van der Waals surface area contributed by atoms with Crippen LogP contribution in [0.15, 0.2) is 35.6 Å². The van der Waals surface area contributed by atoms with Crippen LogP contribution in [0.3, 0.4) is 0 Å². The van der Waals surface area contributed by atoms with E-state index < -0.39 is 8.07 Å². The molecular formula is C10H15NSi. The lowest BCUT2D eigenvalue weighted by atomic mass is 10.1. The lowest BCUT2D eigenvalue weighted by Gasteiger charge is -2.20. The highest BCUT2D eigenvalue weighted by atomic mass is 28.3. The van der Waals surface area contributed by atoms with Crippen LogP contribution in [0.2, 0.25) is 19.6 Å². The molecule has 0 aromatic carbocycles. The van der Waals surface area contributed by atoms with Gasteiger partial charge in [0, 0.05) is 0 Å². The second-order valence-electron chi connectivity index (χ2n) is 4.12. The molecule has 0 amide bonds. The Labute approximate surface area is 75.0 Å². The van der Waals surface area contributed by atoms with Crippen molar-refractivity contribution in [3.8, 4) is 0 Å². The lowest BCUT2D eigenvalue weighted by molar-refractivity contribution is 1.48. The fraction of sp³-hybridized carbons (Fsp3) is 0.300. The molecule has 0 aromatic heterocycles. The standard InChI is InChI=1S/C10H15NSi/c1-8-7-9(12(2,3)4)5-6-10(8)11/h5-7,11H,1H2,2-4H3. The van der Waals surface area contributed by atoms with Crippen LogP contribution in [-0.4, -0.2) is 13.8 Å². The molecule has 0 spiro atoms. The summed E-state index contributed by atoms with van der Waals surface area (Å²) in [5.74, 6) is 0. The highest BCUT2D eigenvalue weighted by Crippen LogP contribution is 2.21. The predicted octanol–water partition coefficient (Wildman–Crippen LogP) is 2.94. The van der Waals surface area contributed by atoms with Gasteiger partial charge in [-0.3, -0.25) is 0 Å². The van der Waals surface area contributed by atoms with Crippen molar-refractivity contribution in [2.45, 2.75) is 19.6 Å². The maximum atomic E-state index is 7.47. The summed E-state index contributed by atoms with van der Waals surface area (Å²) in [7, 11) is -1.21. The first-order valence-electron chi connectivity index (χ1n) is 4.09. The van der Waals surface area contributed by atoms with E-state index in [0.29, 0.717) is 5.71 Å². The Balaban J connectivity index is 2.99. The SMILES string of the molecule is C=C1C=C([Si](C)(C)C)C=CC1=N. The van der Waals surface area contributed by atoms with E-state index >= 15 is 0 Å². The Kier molecular flexibility index (Phi) is 2.20. The Morgan fingerprint density at radius 2 is 1.83 bits per heavy atom. The van der Waals surface area contributed by atoms with Crippen molar-refractivity contribution in [1.29, 1.82) is 5.41 Å². The number of hydrogen-bond donors (Lipinski definition) is 1. The van der Waals surface area contributed by atoms with Crippen LogP contribution in [0.25, 0.3) is 0 Å². The van der Waals surface area contributed by atoms with Crippen LogP contribution in [0.5, 0.6) is 0 Å². The van der Waals surface area contributed by atoms with Gasteiger partial charge in [0.1, 0.15) is 0 Å². The molecule has 0 unspecified atom stereocenters. The lowest BCUT2D eigenvalue weighted by Crippen LogP contribution is -2.24. The minimum Gasteiger partial charge on any atom is -0.300 e. The molecule has 0 bridgehead atoms. The Morgan fingerprint density at radius 1 is 1.25 bits per heavy atom. The van der Waals surface area contributed by atoms with Crippen LogP contribution in [0, 0.1) is 5.41 Å². The summed E-state index contributed by atoms with van der Waals surface area (Å²) in [4.78, 5) is 0. The van der Waals surface area contributed by atoms with E-state index in [1.54, 1.807) is 0 Å². The zero-order chi connectivity index (χ0) is 9.35. The summed E-state index contributed by atoms with van der Waals surface area (Å²) >= 11 is 0. The number of hydrogen-bond acceptors (Lipinski definition) is 1. The summed E-state index contributed by atoms with van der Waals surface area (Å²) < 4.78 is 0. The molecule has 0 saturated carbocycles. The highest BCUT2D eigenvalue weighted by molar-refractivity contribution is 6.83. The van der Waals surface area contributed by atoms with Gasteiger partial charge in [0.2, 0.25) is 0 Å². The van der Waals surface area contributed by atoms with Gasteiger partial charge in [-0.1, -0.05) is 43.6 Å². The molecule has 1 nitrogen and oxygen atoms in total. The monoisotopic (exact) mass is 177 g/mol. The summed E-state index contributed by atoms with van der Waals surface area (Å²) in [6, 6.07) is 0. The third-order valence-electron chi connectivity index (χ3n) is 1.97. The van der Waals surface area contributed by atoms with Crippen molar-refractivity contribution >= 4 is 13.8 Å². The van der Waals surface area contributed by atoms with Crippen molar-refractivity contribution in [2.75, 3.05) is 0 Å². The van der Waals surface area contributed by atoms with Crippen molar-refractivity contribution < 1.29 is 0 Å². The Bertz CT molecular complexity index is 289. The van der Waals surface area contributed by atoms with Crippen LogP contribution in [-0.2, 0) is 0 Å². The van der Waals surface area contributed by atoms with Gasteiger partial charge in [0.25, 0.3) is 0 Å². The Hall–Kier alpha value is -0.893. The van der Waals surface area contributed by atoms with E-state index in [9.17, 15) is 0 Å². The van der Waals surface area contributed by atoms with Gasteiger partial charge < -0.3 is 5.41 Å². The van der Waals surface area contributed by atoms with E-state index in [2.05, 4.69) is 38.4 Å². The van der Waals surface area contributed by atoms with E-state index in [0.717, 1.165) is 5.57 Å². The van der Waals surface area contributed by atoms with Gasteiger partial charge >= 0.3 is 0 Å². The van der Waals surface area contributed by atoms with Crippen molar-refractivity contribution in [2.24, 2.45) is 0 Å². The second kappa shape index (κ2) is 2.86. The molecule has 0 radical (unpaired) electrons. The molecule has 1 rings (SSSR count). The summed E-state index contributed by atoms with van der Waals surface area (Å²) in [5, 5.41) is 8.85. The first-order chi connectivity index (χ1) is 5.41. The summed E-state index contributed by atoms with van der Waals surface area (Å²) in [6.45, 7) is 10.7. The van der Waals surface area contributed by atoms with Gasteiger partial charge in [-0.25, -0.2) is 0 Å². The maximum absolute atomic E-state index is 7.47. The quantitative estimate of drug-likeness (QED) is 0.595. The molecule has 1 aliphatic carbocycles. The van der Waals surface area contributed by atoms with Crippen LogP contribution in [0.4, 0.5) is 0 Å². The highest BCUT2D eigenvalue weighted by Gasteiger charge is 2.19. The van der Waals surface area contributed by atoms with Gasteiger partial charge in [-0.2, -0.15) is 0 Å². The summed E-state index contributed by atoms with van der Waals surface area (Å²) in [5.41, 5.74) is 1.38. The van der Waals surface area contributed by atoms with Crippen LogP contribution < -0.4 is 0 Å². The molecule has 0 atom stereocenters.